The SMILES string of the molecule is Cc1cc(C)c2cc([C@H](c3nnnn3C[C@H]3CCCO3)N3CCN(c4ccccc4F)CC3)c(=O)[nH]c2c1. The average Bonchev–Trinajstić information content (AvgIpc) is 3.58. The molecule has 0 bridgehead atoms. The second kappa shape index (κ2) is 10.3. The number of hydrogen-bond donors (Lipinski definition) is 1. The van der Waals surface area contributed by atoms with E-state index in [0.29, 0.717) is 49.8 Å². The molecule has 0 aliphatic carbocycles. The highest BCUT2D eigenvalue weighted by atomic mass is 19.1. The number of piperazine rings is 1. The largest absolute Gasteiger partial charge is 0.376 e. The van der Waals surface area contributed by atoms with Crippen LogP contribution in [0.5, 0.6) is 0 Å². The molecule has 9 nitrogen and oxygen atoms in total. The number of halogens is 1. The molecule has 6 rings (SSSR count). The van der Waals surface area contributed by atoms with Gasteiger partial charge in [-0.3, -0.25) is 9.69 Å². The number of pyridine rings is 1. The minimum absolute atomic E-state index is 0.0518. The van der Waals surface area contributed by atoms with E-state index < -0.39 is 6.04 Å². The summed E-state index contributed by atoms with van der Waals surface area (Å²) in [5.41, 5.74) is 4.06. The van der Waals surface area contributed by atoms with Gasteiger partial charge in [-0.05, 0) is 72.5 Å². The summed E-state index contributed by atoms with van der Waals surface area (Å²) in [5, 5.41) is 13.7. The van der Waals surface area contributed by atoms with Crippen molar-refractivity contribution in [3.8, 4) is 0 Å². The van der Waals surface area contributed by atoms with Crippen molar-refractivity contribution in [3.63, 3.8) is 0 Å². The normalized spacial score (nSPS) is 19.3. The lowest BCUT2D eigenvalue weighted by molar-refractivity contribution is 0.0906. The molecule has 0 amide bonds. The molecule has 2 aromatic carbocycles. The summed E-state index contributed by atoms with van der Waals surface area (Å²) in [6.07, 6.45) is 2.03. The van der Waals surface area contributed by atoms with E-state index in [9.17, 15) is 9.18 Å². The predicted octanol–water partition coefficient (Wildman–Crippen LogP) is 3.36. The van der Waals surface area contributed by atoms with Crippen molar-refractivity contribution in [2.75, 3.05) is 37.7 Å². The molecule has 2 aromatic heterocycles. The van der Waals surface area contributed by atoms with Crippen molar-refractivity contribution in [1.82, 2.24) is 30.1 Å². The minimum atomic E-state index is -0.456. The van der Waals surface area contributed by atoms with Gasteiger partial charge < -0.3 is 14.6 Å². The number of aryl methyl sites for hydroxylation is 2. The molecule has 2 atom stereocenters. The Hall–Kier alpha value is -3.63. The maximum atomic E-state index is 14.5. The summed E-state index contributed by atoms with van der Waals surface area (Å²) in [7, 11) is 0. The van der Waals surface area contributed by atoms with E-state index in [4.69, 9.17) is 4.74 Å². The molecule has 1 N–H and O–H groups in total. The van der Waals surface area contributed by atoms with Crippen LogP contribution in [0.15, 0.2) is 47.3 Å². The Balaban J connectivity index is 1.39. The number of fused-ring (bicyclic) bond motifs is 1. The van der Waals surface area contributed by atoms with Crippen molar-refractivity contribution >= 4 is 16.6 Å². The maximum absolute atomic E-state index is 14.5. The first kappa shape index (κ1) is 24.7. The predicted molar refractivity (Wildman–Crippen MR) is 143 cm³/mol. The zero-order valence-corrected chi connectivity index (χ0v) is 21.7. The molecule has 0 spiro atoms. The summed E-state index contributed by atoms with van der Waals surface area (Å²) in [5.74, 6) is 0.393. The van der Waals surface area contributed by atoms with Gasteiger partial charge in [0.15, 0.2) is 5.82 Å². The number of hydrogen-bond acceptors (Lipinski definition) is 7. The van der Waals surface area contributed by atoms with Crippen molar-refractivity contribution in [1.29, 1.82) is 0 Å². The molecule has 0 radical (unpaired) electrons. The molecule has 198 valence electrons. The lowest BCUT2D eigenvalue weighted by Gasteiger charge is -2.39. The number of aromatic amines is 1. The third kappa shape index (κ3) is 4.69. The van der Waals surface area contributed by atoms with Gasteiger partial charge in [0, 0.05) is 49.3 Å². The number of anilines is 1. The Bertz CT molecular complexity index is 1500. The smallest absolute Gasteiger partial charge is 0.253 e. The molecule has 2 fully saturated rings. The Morgan fingerprint density at radius 1 is 1.13 bits per heavy atom. The van der Waals surface area contributed by atoms with Crippen LogP contribution in [0.4, 0.5) is 10.1 Å². The van der Waals surface area contributed by atoms with Gasteiger partial charge in [0.25, 0.3) is 5.56 Å². The van der Waals surface area contributed by atoms with Crippen molar-refractivity contribution in [2.24, 2.45) is 0 Å². The van der Waals surface area contributed by atoms with Crippen LogP contribution in [0.3, 0.4) is 0 Å². The summed E-state index contributed by atoms with van der Waals surface area (Å²) in [4.78, 5) is 21.0. The number of nitrogens with zero attached hydrogens (tertiary/aromatic N) is 6. The highest BCUT2D eigenvalue weighted by Gasteiger charge is 2.34. The van der Waals surface area contributed by atoms with E-state index in [1.54, 1.807) is 10.7 Å². The molecule has 38 heavy (non-hydrogen) atoms. The van der Waals surface area contributed by atoms with Gasteiger partial charge >= 0.3 is 0 Å². The number of H-pyrrole nitrogens is 1. The number of aromatic nitrogens is 5. The van der Waals surface area contributed by atoms with E-state index in [-0.39, 0.29) is 17.5 Å². The standard InChI is InChI=1S/C28H32FN7O2/c1-18-14-19(2)21-16-22(28(37)30-24(21)15-18)26(27-31-32-33-36(27)17-20-6-5-13-38-20)35-11-9-34(10-12-35)25-8-4-3-7-23(25)29/h3-4,7-8,14-16,20,26H,5-6,9-13,17H2,1-2H3,(H,30,37)/t20-,26-/m1/s1. The number of nitrogens with one attached hydrogen (secondary N) is 1. The van der Waals surface area contributed by atoms with Gasteiger partial charge in [-0.1, -0.05) is 18.2 Å². The zero-order valence-electron chi connectivity index (χ0n) is 21.7. The second-order valence-electron chi connectivity index (χ2n) is 10.3. The summed E-state index contributed by atoms with van der Waals surface area (Å²) >= 11 is 0. The van der Waals surface area contributed by atoms with Crippen molar-refractivity contribution < 1.29 is 9.13 Å². The number of tetrazole rings is 1. The summed E-state index contributed by atoms with van der Waals surface area (Å²) in [6.45, 7) is 7.84. The molecular weight excluding hydrogens is 485 g/mol. The molecule has 0 saturated carbocycles. The van der Waals surface area contributed by atoms with Gasteiger partial charge in [0.05, 0.1) is 18.3 Å². The highest BCUT2D eigenvalue weighted by Crippen LogP contribution is 2.31. The fourth-order valence-corrected chi connectivity index (χ4v) is 5.84. The van der Waals surface area contributed by atoms with Gasteiger partial charge in [0.2, 0.25) is 0 Å². The zero-order chi connectivity index (χ0) is 26.2. The van der Waals surface area contributed by atoms with Crippen LogP contribution >= 0.6 is 0 Å². The van der Waals surface area contributed by atoms with Gasteiger partial charge in [-0.15, -0.1) is 5.10 Å². The fraction of sp³-hybridized carbons (Fsp3) is 0.429. The first-order valence-electron chi connectivity index (χ1n) is 13.2. The molecule has 0 unspecified atom stereocenters. The van der Waals surface area contributed by atoms with Crippen molar-refractivity contribution in [3.05, 3.63) is 81.2 Å². The number of para-hydroxylation sites is 1. The average molecular weight is 518 g/mol. The van der Waals surface area contributed by atoms with Crippen LogP contribution in [0.25, 0.3) is 10.9 Å². The van der Waals surface area contributed by atoms with Crippen LogP contribution < -0.4 is 10.5 Å². The Kier molecular flexibility index (Phi) is 6.67. The molecule has 10 heteroatoms. The molecular formula is C28H32FN7O2. The molecule has 4 aromatic rings. The minimum Gasteiger partial charge on any atom is -0.376 e. The Morgan fingerprint density at radius 2 is 1.95 bits per heavy atom. The van der Waals surface area contributed by atoms with Crippen LogP contribution in [0, 0.1) is 19.7 Å². The van der Waals surface area contributed by atoms with Gasteiger partial charge in [-0.2, -0.15) is 0 Å². The van der Waals surface area contributed by atoms with Crippen molar-refractivity contribution in [2.45, 2.75) is 45.4 Å². The molecule has 4 heterocycles. The second-order valence-corrected chi connectivity index (χ2v) is 10.3. The topological polar surface area (TPSA) is 92.2 Å². The van der Waals surface area contributed by atoms with E-state index in [1.807, 2.05) is 31.2 Å². The molecule has 2 aliphatic heterocycles. The Morgan fingerprint density at radius 3 is 2.71 bits per heavy atom. The fourth-order valence-electron chi connectivity index (χ4n) is 5.84. The van der Waals surface area contributed by atoms with E-state index in [2.05, 4.69) is 43.3 Å². The number of rotatable bonds is 6. The van der Waals surface area contributed by atoms with Gasteiger partial charge in [-0.25, -0.2) is 9.07 Å². The third-order valence-corrected chi connectivity index (χ3v) is 7.71. The summed E-state index contributed by atoms with van der Waals surface area (Å²) < 4.78 is 22.1. The van der Waals surface area contributed by atoms with E-state index in [1.165, 1.54) is 6.07 Å². The van der Waals surface area contributed by atoms with Crippen LogP contribution in [0.1, 0.15) is 41.4 Å². The molecule has 2 aliphatic rings. The highest BCUT2D eigenvalue weighted by molar-refractivity contribution is 5.83. The van der Waals surface area contributed by atoms with Crippen LogP contribution in [0.2, 0.25) is 0 Å². The summed E-state index contributed by atoms with van der Waals surface area (Å²) in [6, 6.07) is 12.5. The quantitative estimate of drug-likeness (QED) is 0.419. The lowest BCUT2D eigenvalue weighted by atomic mass is 9.99. The van der Waals surface area contributed by atoms with Crippen LogP contribution in [-0.4, -0.2) is 69.0 Å². The van der Waals surface area contributed by atoms with Crippen LogP contribution in [-0.2, 0) is 11.3 Å². The molecule has 2 saturated heterocycles. The number of benzene rings is 2. The third-order valence-electron chi connectivity index (χ3n) is 7.71. The monoisotopic (exact) mass is 517 g/mol. The Labute approximate surface area is 220 Å². The van der Waals surface area contributed by atoms with E-state index in [0.717, 1.165) is 41.5 Å². The maximum Gasteiger partial charge on any atom is 0.253 e. The lowest BCUT2D eigenvalue weighted by Crippen LogP contribution is -2.49. The first-order chi connectivity index (χ1) is 18.5. The number of ether oxygens (including phenoxy) is 1. The van der Waals surface area contributed by atoms with Gasteiger partial charge in [0.1, 0.15) is 11.9 Å². The first-order valence-corrected chi connectivity index (χ1v) is 13.2. The van der Waals surface area contributed by atoms with E-state index >= 15 is 0 Å².